The Bertz CT molecular complexity index is 1050. The number of rotatable bonds is 8. The summed E-state index contributed by atoms with van der Waals surface area (Å²) in [4.78, 5) is 25.2. The molecule has 0 aliphatic rings. The lowest BCUT2D eigenvalue weighted by atomic mass is 10.0. The average molecular weight is 475 g/mol. The lowest BCUT2D eigenvalue weighted by molar-refractivity contribution is -0.157. The normalized spacial score (nSPS) is 12.8. The first-order chi connectivity index (χ1) is 15.2. The van der Waals surface area contributed by atoms with Gasteiger partial charge in [0.25, 0.3) is 0 Å². The SMILES string of the molecule is Cc1ccc(S(=O)(=O)Cc2ccc(NC(=O)N[C@@H](CC(C)C)C(=O)OC(C)(C)C)cc2)cc1. The van der Waals surface area contributed by atoms with Crippen LogP contribution in [0.1, 0.15) is 52.2 Å². The third-order valence-corrected chi connectivity index (χ3v) is 6.36. The summed E-state index contributed by atoms with van der Waals surface area (Å²) in [6, 6.07) is 12.0. The third-order valence-electron chi connectivity index (χ3n) is 4.65. The molecule has 1 atom stereocenters. The number of nitrogens with one attached hydrogen (secondary N) is 2. The van der Waals surface area contributed by atoms with E-state index in [1.54, 1.807) is 69.3 Å². The van der Waals surface area contributed by atoms with Crippen molar-refractivity contribution < 1.29 is 22.7 Å². The smallest absolute Gasteiger partial charge is 0.329 e. The zero-order valence-electron chi connectivity index (χ0n) is 20.1. The van der Waals surface area contributed by atoms with E-state index in [4.69, 9.17) is 4.74 Å². The van der Waals surface area contributed by atoms with Crippen molar-refractivity contribution in [2.45, 2.75) is 70.3 Å². The molecule has 33 heavy (non-hydrogen) atoms. The minimum Gasteiger partial charge on any atom is -0.458 e. The maximum atomic E-state index is 12.6. The van der Waals surface area contributed by atoms with E-state index in [0.29, 0.717) is 17.7 Å². The standard InChI is InChI=1S/C25H34N2O5S/c1-17(2)15-22(23(28)32-25(4,5)6)27-24(29)26-20-11-9-19(10-12-20)16-33(30,31)21-13-7-18(3)8-14-21/h7-14,17,22H,15-16H2,1-6H3,(H2,26,27,29)/t22-/m0/s1. The van der Waals surface area contributed by atoms with Gasteiger partial charge in [-0.1, -0.05) is 43.7 Å². The van der Waals surface area contributed by atoms with Gasteiger partial charge in [-0.25, -0.2) is 18.0 Å². The van der Waals surface area contributed by atoms with Crippen LogP contribution in [0.3, 0.4) is 0 Å². The quantitative estimate of drug-likeness (QED) is 0.533. The Kier molecular flexibility index (Phi) is 8.66. The number of hydrogen-bond acceptors (Lipinski definition) is 5. The monoisotopic (exact) mass is 474 g/mol. The van der Waals surface area contributed by atoms with Crippen molar-refractivity contribution in [3.05, 3.63) is 59.7 Å². The largest absolute Gasteiger partial charge is 0.458 e. The highest BCUT2D eigenvalue weighted by molar-refractivity contribution is 7.90. The van der Waals surface area contributed by atoms with E-state index in [1.807, 2.05) is 20.8 Å². The number of hydrogen-bond donors (Lipinski definition) is 2. The van der Waals surface area contributed by atoms with Crippen molar-refractivity contribution in [2.24, 2.45) is 5.92 Å². The van der Waals surface area contributed by atoms with Gasteiger partial charge in [-0.3, -0.25) is 0 Å². The molecule has 0 spiro atoms. The first kappa shape index (κ1) is 26.4. The second-order valence-corrected chi connectivity index (χ2v) is 11.6. The highest BCUT2D eigenvalue weighted by Gasteiger charge is 2.27. The number of carbonyl (C=O) groups is 2. The predicted molar refractivity (Wildman–Crippen MR) is 130 cm³/mol. The van der Waals surface area contributed by atoms with Crippen molar-refractivity contribution in [2.75, 3.05) is 5.32 Å². The van der Waals surface area contributed by atoms with Crippen molar-refractivity contribution in [1.82, 2.24) is 5.32 Å². The first-order valence-electron chi connectivity index (χ1n) is 10.9. The molecule has 0 aliphatic carbocycles. The summed E-state index contributed by atoms with van der Waals surface area (Å²) >= 11 is 0. The fraction of sp³-hybridized carbons (Fsp3) is 0.440. The van der Waals surface area contributed by atoms with E-state index in [-0.39, 0.29) is 16.6 Å². The molecule has 2 rings (SSSR count). The molecule has 2 aromatic carbocycles. The van der Waals surface area contributed by atoms with E-state index in [1.165, 1.54) is 0 Å². The molecule has 0 aliphatic heterocycles. The van der Waals surface area contributed by atoms with Crippen LogP contribution in [-0.4, -0.2) is 32.1 Å². The van der Waals surface area contributed by atoms with Crippen LogP contribution in [-0.2, 0) is 25.1 Å². The Labute approximate surface area is 196 Å². The van der Waals surface area contributed by atoms with E-state index < -0.39 is 33.5 Å². The number of carbonyl (C=O) groups excluding carboxylic acids is 2. The molecule has 2 aromatic rings. The Morgan fingerprint density at radius 2 is 1.55 bits per heavy atom. The molecule has 0 bridgehead atoms. The topological polar surface area (TPSA) is 102 Å². The molecule has 0 fully saturated rings. The van der Waals surface area contributed by atoms with E-state index >= 15 is 0 Å². The van der Waals surface area contributed by atoms with Gasteiger partial charge in [-0.15, -0.1) is 0 Å². The number of urea groups is 1. The van der Waals surface area contributed by atoms with Crippen molar-refractivity contribution >= 4 is 27.5 Å². The Morgan fingerprint density at radius 1 is 0.970 bits per heavy atom. The first-order valence-corrected chi connectivity index (χ1v) is 12.6. The van der Waals surface area contributed by atoms with Crippen LogP contribution in [0.4, 0.5) is 10.5 Å². The van der Waals surface area contributed by atoms with Gasteiger partial charge in [-0.05, 0) is 69.9 Å². The molecule has 180 valence electrons. The Morgan fingerprint density at radius 3 is 2.06 bits per heavy atom. The van der Waals surface area contributed by atoms with Crippen LogP contribution in [0, 0.1) is 12.8 Å². The van der Waals surface area contributed by atoms with Gasteiger partial charge in [-0.2, -0.15) is 0 Å². The van der Waals surface area contributed by atoms with E-state index in [2.05, 4.69) is 10.6 Å². The van der Waals surface area contributed by atoms with Crippen molar-refractivity contribution in [3.63, 3.8) is 0 Å². The Balaban J connectivity index is 2.01. The molecule has 0 saturated heterocycles. The molecule has 0 saturated carbocycles. The van der Waals surface area contributed by atoms with Crippen LogP contribution in [0.2, 0.25) is 0 Å². The average Bonchev–Trinajstić information content (AvgIpc) is 2.67. The molecular formula is C25H34N2O5S. The summed E-state index contributed by atoms with van der Waals surface area (Å²) in [5.41, 5.74) is 1.42. The second-order valence-electron chi connectivity index (χ2n) is 9.58. The van der Waals surface area contributed by atoms with Crippen molar-refractivity contribution in [1.29, 1.82) is 0 Å². The third kappa shape index (κ3) is 8.88. The molecule has 0 aromatic heterocycles. The summed E-state index contributed by atoms with van der Waals surface area (Å²) in [5, 5.41) is 5.36. The predicted octanol–water partition coefficient (Wildman–Crippen LogP) is 4.85. The zero-order chi connectivity index (χ0) is 24.8. The van der Waals surface area contributed by atoms with Crippen molar-refractivity contribution in [3.8, 4) is 0 Å². The molecular weight excluding hydrogens is 440 g/mol. The number of sulfone groups is 1. The van der Waals surface area contributed by atoms with Gasteiger partial charge in [0, 0.05) is 5.69 Å². The van der Waals surface area contributed by atoms with Crippen LogP contribution in [0.15, 0.2) is 53.4 Å². The molecule has 0 radical (unpaired) electrons. The second kappa shape index (κ2) is 10.8. The number of amides is 2. The van der Waals surface area contributed by atoms with Gasteiger partial charge in [0.2, 0.25) is 0 Å². The molecule has 2 amide bonds. The molecule has 8 heteroatoms. The lowest BCUT2D eigenvalue weighted by Crippen LogP contribution is -2.46. The number of esters is 1. The molecule has 0 heterocycles. The fourth-order valence-corrected chi connectivity index (χ4v) is 4.47. The summed E-state index contributed by atoms with van der Waals surface area (Å²) in [6.45, 7) is 11.1. The maximum absolute atomic E-state index is 12.6. The summed E-state index contributed by atoms with van der Waals surface area (Å²) in [6.07, 6.45) is 0.443. The summed E-state index contributed by atoms with van der Waals surface area (Å²) < 4.78 is 30.7. The van der Waals surface area contributed by atoms with Gasteiger partial charge in [0.05, 0.1) is 10.6 Å². The molecule has 0 unspecified atom stereocenters. The fourth-order valence-electron chi connectivity index (χ4n) is 3.12. The summed E-state index contributed by atoms with van der Waals surface area (Å²) in [7, 11) is -3.47. The van der Waals surface area contributed by atoms with E-state index in [9.17, 15) is 18.0 Å². The molecule has 7 nitrogen and oxygen atoms in total. The maximum Gasteiger partial charge on any atom is 0.329 e. The van der Waals surface area contributed by atoms with Gasteiger partial charge >= 0.3 is 12.0 Å². The van der Waals surface area contributed by atoms with Crippen LogP contribution in [0.5, 0.6) is 0 Å². The number of aryl methyl sites for hydroxylation is 1. The zero-order valence-corrected chi connectivity index (χ0v) is 21.0. The van der Waals surface area contributed by atoms with E-state index in [0.717, 1.165) is 5.56 Å². The van der Waals surface area contributed by atoms with Gasteiger partial charge in [0.15, 0.2) is 9.84 Å². The highest BCUT2D eigenvalue weighted by atomic mass is 32.2. The van der Waals surface area contributed by atoms with Crippen LogP contribution in [0.25, 0.3) is 0 Å². The Hall–Kier alpha value is -2.87. The van der Waals surface area contributed by atoms with Crippen LogP contribution >= 0.6 is 0 Å². The number of anilines is 1. The number of benzene rings is 2. The van der Waals surface area contributed by atoms with Gasteiger partial charge in [0.1, 0.15) is 11.6 Å². The van der Waals surface area contributed by atoms with Crippen LogP contribution < -0.4 is 10.6 Å². The van der Waals surface area contributed by atoms with Gasteiger partial charge < -0.3 is 15.4 Å². The minimum atomic E-state index is -3.47. The summed E-state index contributed by atoms with van der Waals surface area (Å²) in [5.74, 6) is -0.446. The minimum absolute atomic E-state index is 0.141. The lowest BCUT2D eigenvalue weighted by Gasteiger charge is -2.25. The molecule has 2 N–H and O–H groups in total. The highest BCUT2D eigenvalue weighted by Crippen LogP contribution is 2.19. The number of ether oxygens (including phenoxy) is 1.